The summed E-state index contributed by atoms with van der Waals surface area (Å²) in [6.45, 7) is 6.12. The number of aliphatic carboxylic acids is 1. The van der Waals surface area contributed by atoms with E-state index in [4.69, 9.17) is 9.26 Å². The molecule has 0 spiro atoms. The highest BCUT2D eigenvalue weighted by molar-refractivity contribution is 5.85. The molecule has 7 nitrogen and oxygen atoms in total. The van der Waals surface area contributed by atoms with E-state index in [1.54, 1.807) is 25.1 Å². The van der Waals surface area contributed by atoms with Gasteiger partial charge in [-0.2, -0.15) is 0 Å². The minimum atomic E-state index is -1.10. The topological polar surface area (TPSA) is 102 Å². The Bertz CT molecular complexity index is 823. The number of carbonyl (C=O) groups excluding carboxylic acids is 1. The van der Waals surface area contributed by atoms with Crippen molar-refractivity contribution in [3.05, 3.63) is 46.3 Å². The van der Waals surface area contributed by atoms with Gasteiger partial charge in [-0.05, 0) is 43.0 Å². The first kappa shape index (κ1) is 18.0. The predicted octanol–water partition coefficient (Wildman–Crippen LogP) is 2.66. The molecule has 2 aromatic rings. The first-order valence-electron chi connectivity index (χ1n) is 8.57. The number of carbonyl (C=O) groups is 2. The van der Waals surface area contributed by atoms with E-state index in [1.807, 2.05) is 13.8 Å². The lowest BCUT2D eigenvalue weighted by atomic mass is 9.95. The smallest absolute Gasteiger partial charge is 0.330 e. The van der Waals surface area contributed by atoms with Gasteiger partial charge >= 0.3 is 5.97 Å². The Labute approximate surface area is 151 Å². The molecule has 0 saturated carbocycles. The lowest BCUT2D eigenvalue weighted by Crippen LogP contribution is -2.34. The normalized spacial score (nSPS) is 15.0. The number of fused-ring (bicyclic) bond motifs is 1. The van der Waals surface area contributed by atoms with Crippen molar-refractivity contribution in [2.24, 2.45) is 0 Å². The van der Waals surface area contributed by atoms with Crippen LogP contribution in [0.4, 0.5) is 0 Å². The number of benzene rings is 1. The number of hydrogen-bond donors (Lipinski definition) is 2. The van der Waals surface area contributed by atoms with Gasteiger partial charge in [0, 0.05) is 18.4 Å². The van der Waals surface area contributed by atoms with Crippen molar-refractivity contribution in [2.75, 3.05) is 6.61 Å². The van der Waals surface area contributed by atoms with Gasteiger partial charge in [0.05, 0.1) is 12.3 Å². The Hall–Kier alpha value is -2.83. The Balaban J connectivity index is 1.72. The Kier molecular flexibility index (Phi) is 4.97. The molecule has 2 atom stereocenters. The fourth-order valence-corrected chi connectivity index (χ4v) is 3.47. The van der Waals surface area contributed by atoms with E-state index >= 15 is 0 Å². The van der Waals surface area contributed by atoms with Gasteiger partial charge < -0.3 is 19.7 Å². The van der Waals surface area contributed by atoms with Crippen LogP contribution >= 0.6 is 0 Å². The summed E-state index contributed by atoms with van der Waals surface area (Å²) in [4.78, 5) is 24.1. The molecule has 0 bridgehead atoms. The van der Waals surface area contributed by atoms with E-state index in [2.05, 4.69) is 10.5 Å². The van der Waals surface area contributed by atoms with E-state index in [0.717, 1.165) is 29.0 Å². The molecule has 1 amide bonds. The van der Waals surface area contributed by atoms with Crippen molar-refractivity contribution < 1.29 is 24.0 Å². The number of carboxylic acids is 1. The molecule has 2 heterocycles. The zero-order valence-electron chi connectivity index (χ0n) is 15.0. The third-order valence-corrected chi connectivity index (χ3v) is 4.67. The van der Waals surface area contributed by atoms with Gasteiger partial charge in [0.2, 0.25) is 5.91 Å². The summed E-state index contributed by atoms with van der Waals surface area (Å²) in [5, 5.41) is 16.1. The summed E-state index contributed by atoms with van der Waals surface area (Å²) in [7, 11) is 0. The lowest BCUT2D eigenvalue weighted by molar-refractivity contribution is -0.142. The molecule has 1 aromatic heterocycles. The summed E-state index contributed by atoms with van der Waals surface area (Å²) >= 11 is 0. The number of ether oxygens (including phenoxy) is 1. The highest BCUT2D eigenvalue weighted by Gasteiger charge is 2.26. The number of aromatic nitrogens is 1. The van der Waals surface area contributed by atoms with Crippen LogP contribution < -0.4 is 10.1 Å². The van der Waals surface area contributed by atoms with Crippen molar-refractivity contribution >= 4 is 11.9 Å². The highest BCUT2D eigenvalue weighted by Crippen LogP contribution is 2.29. The second-order valence-electron chi connectivity index (χ2n) is 6.65. The number of rotatable bonds is 6. The average molecular weight is 358 g/mol. The maximum atomic E-state index is 12.4. The minimum Gasteiger partial charge on any atom is -0.493 e. The molecule has 1 aliphatic rings. The quantitative estimate of drug-likeness (QED) is 0.823. The van der Waals surface area contributed by atoms with E-state index in [1.165, 1.54) is 0 Å². The van der Waals surface area contributed by atoms with Crippen molar-refractivity contribution in [3.63, 3.8) is 0 Å². The summed E-state index contributed by atoms with van der Waals surface area (Å²) in [6, 6.07) is 4.14. The van der Waals surface area contributed by atoms with Gasteiger partial charge in [0.1, 0.15) is 11.5 Å². The molecule has 0 saturated heterocycles. The SMILES string of the molecule is Cc1noc(C)c1C(C)CC(=O)NC(C(=O)O)c1ccc2c(c1)CCO2. The predicted molar refractivity (Wildman–Crippen MR) is 93.2 cm³/mol. The molecule has 7 heteroatoms. The van der Waals surface area contributed by atoms with Gasteiger partial charge in [0.25, 0.3) is 0 Å². The molecule has 0 fully saturated rings. The largest absolute Gasteiger partial charge is 0.493 e. The second kappa shape index (κ2) is 7.19. The lowest BCUT2D eigenvalue weighted by Gasteiger charge is -2.17. The molecule has 138 valence electrons. The second-order valence-corrected chi connectivity index (χ2v) is 6.65. The molecule has 26 heavy (non-hydrogen) atoms. The molecular weight excluding hydrogens is 336 g/mol. The number of aryl methyl sites for hydroxylation is 2. The first-order valence-corrected chi connectivity index (χ1v) is 8.57. The fourth-order valence-electron chi connectivity index (χ4n) is 3.47. The van der Waals surface area contributed by atoms with E-state index < -0.39 is 12.0 Å². The number of carboxylic acid groups (broad SMARTS) is 1. The van der Waals surface area contributed by atoms with Crippen LogP contribution in [-0.4, -0.2) is 28.7 Å². The van der Waals surface area contributed by atoms with Gasteiger partial charge in [0.15, 0.2) is 6.04 Å². The van der Waals surface area contributed by atoms with E-state index in [0.29, 0.717) is 17.9 Å². The molecule has 0 aliphatic carbocycles. The van der Waals surface area contributed by atoms with E-state index in [9.17, 15) is 14.7 Å². The number of nitrogens with one attached hydrogen (secondary N) is 1. The third-order valence-electron chi connectivity index (χ3n) is 4.67. The van der Waals surface area contributed by atoms with Gasteiger partial charge in [-0.1, -0.05) is 18.1 Å². The molecule has 1 aliphatic heterocycles. The monoisotopic (exact) mass is 358 g/mol. The number of amides is 1. The molecule has 3 rings (SSSR count). The van der Waals surface area contributed by atoms with E-state index in [-0.39, 0.29) is 18.2 Å². The summed E-state index contributed by atoms with van der Waals surface area (Å²) in [6.07, 6.45) is 0.896. The van der Waals surface area contributed by atoms with Crippen molar-refractivity contribution in [1.82, 2.24) is 10.5 Å². The van der Waals surface area contributed by atoms with Crippen LogP contribution in [0.15, 0.2) is 22.7 Å². The highest BCUT2D eigenvalue weighted by atomic mass is 16.5. The Morgan fingerprint density at radius 3 is 2.77 bits per heavy atom. The van der Waals surface area contributed by atoms with Crippen molar-refractivity contribution in [2.45, 2.75) is 45.6 Å². The first-order chi connectivity index (χ1) is 12.4. The Morgan fingerprint density at radius 1 is 1.35 bits per heavy atom. The maximum absolute atomic E-state index is 12.4. The Morgan fingerprint density at radius 2 is 2.12 bits per heavy atom. The number of hydrogen-bond acceptors (Lipinski definition) is 5. The zero-order chi connectivity index (χ0) is 18.8. The summed E-state index contributed by atoms with van der Waals surface area (Å²) in [5.41, 5.74) is 3.14. The molecule has 2 unspecified atom stereocenters. The fraction of sp³-hybridized carbons (Fsp3) is 0.421. The zero-order valence-corrected chi connectivity index (χ0v) is 15.0. The molecule has 0 radical (unpaired) electrons. The van der Waals surface area contributed by atoms with Crippen molar-refractivity contribution in [3.8, 4) is 5.75 Å². The number of nitrogens with zero attached hydrogens (tertiary/aromatic N) is 1. The van der Waals surface area contributed by atoms with Gasteiger partial charge in [-0.15, -0.1) is 0 Å². The van der Waals surface area contributed by atoms with Gasteiger partial charge in [-0.3, -0.25) is 4.79 Å². The standard InChI is InChI=1S/C19H22N2O5/c1-10(17-11(2)21-26-12(17)3)8-16(22)20-18(19(23)24)14-4-5-15-13(9-14)6-7-25-15/h4-5,9-10,18H,6-8H2,1-3H3,(H,20,22)(H,23,24). The summed E-state index contributed by atoms with van der Waals surface area (Å²) < 4.78 is 10.6. The van der Waals surface area contributed by atoms with Crippen LogP contribution in [0.2, 0.25) is 0 Å². The minimum absolute atomic E-state index is 0.121. The van der Waals surface area contributed by atoms with Gasteiger partial charge in [-0.25, -0.2) is 4.79 Å². The third kappa shape index (κ3) is 3.56. The van der Waals surface area contributed by atoms with Crippen LogP contribution in [0.25, 0.3) is 0 Å². The maximum Gasteiger partial charge on any atom is 0.330 e. The molecule has 1 aromatic carbocycles. The average Bonchev–Trinajstić information content (AvgIpc) is 3.17. The van der Waals surface area contributed by atoms with Crippen molar-refractivity contribution in [1.29, 1.82) is 0 Å². The van der Waals surface area contributed by atoms with Crippen LogP contribution in [0.5, 0.6) is 5.75 Å². The van der Waals surface area contributed by atoms with Crippen LogP contribution in [0.1, 0.15) is 53.4 Å². The summed E-state index contributed by atoms with van der Waals surface area (Å²) in [5.74, 6) is -0.0968. The van der Waals surface area contributed by atoms with Crippen LogP contribution in [0, 0.1) is 13.8 Å². The van der Waals surface area contributed by atoms with Crippen LogP contribution in [0.3, 0.4) is 0 Å². The van der Waals surface area contributed by atoms with Crippen LogP contribution in [-0.2, 0) is 16.0 Å². The molecule has 2 N–H and O–H groups in total. The molecular formula is C19H22N2O5.